The first-order valence-corrected chi connectivity index (χ1v) is 14.3. The van der Waals surface area contributed by atoms with Gasteiger partial charge in [0.25, 0.3) is 0 Å². The Bertz CT molecular complexity index is 1890. The van der Waals surface area contributed by atoms with Crippen LogP contribution in [0.1, 0.15) is 34.5 Å². The van der Waals surface area contributed by atoms with Crippen LogP contribution in [0.4, 0.5) is 20.2 Å². The van der Waals surface area contributed by atoms with Crippen molar-refractivity contribution >= 4 is 28.4 Å². The maximum atomic E-state index is 15.7. The number of piperidine rings is 1. The summed E-state index contributed by atoms with van der Waals surface area (Å²) in [6.45, 7) is 2.43. The molecule has 1 aromatic carbocycles. The number of likely N-dealkylation sites (tertiary alicyclic amines) is 1. The van der Waals surface area contributed by atoms with Crippen molar-refractivity contribution in [1.29, 1.82) is 0 Å². The molecule has 0 bridgehead atoms. The Kier molecular flexibility index (Phi) is 6.35. The molecule has 2 atom stereocenters. The fraction of sp³-hybridized carbons (Fsp3) is 0.355. The van der Waals surface area contributed by atoms with Gasteiger partial charge in [-0.2, -0.15) is 0 Å². The number of fused-ring (bicyclic) bond motifs is 5. The number of hydrogen-bond acceptors (Lipinski definition) is 8. The average Bonchev–Trinajstić information content (AvgIpc) is 3.59. The van der Waals surface area contributed by atoms with Crippen molar-refractivity contribution in [2.75, 3.05) is 56.4 Å². The second kappa shape index (κ2) is 10.0. The lowest BCUT2D eigenvalue weighted by molar-refractivity contribution is 0.0695. The molecule has 222 valence electrons. The Balaban J connectivity index is 1.50. The number of carboxylic acid groups (broad SMARTS) is 1. The fourth-order valence-electron chi connectivity index (χ4n) is 7.21. The van der Waals surface area contributed by atoms with Gasteiger partial charge in [0.15, 0.2) is 17.3 Å². The third kappa shape index (κ3) is 4.07. The minimum absolute atomic E-state index is 0.113. The number of carbonyl (C=O) groups is 1. The van der Waals surface area contributed by atoms with Gasteiger partial charge in [-0.15, -0.1) is 0 Å². The standard InChI is InChI=1S/C31H31F2N7O3/c1-34-22-10-21(32)27(33)25-17(22)9-23-26(25)28(39-7-5-15-4-6-38(3)24(15)14-39)19(12-36-23)16-8-18-29(41)20(31(42)43)13-40(35-2)30(18)37-11-16/h8,10-13,15,24,34-35H,4-7,9,14H2,1-3H3,(H,42,43)/t15-,24?/m1/s1. The number of rotatable bonds is 5. The van der Waals surface area contributed by atoms with E-state index in [-0.39, 0.29) is 16.6 Å². The summed E-state index contributed by atoms with van der Waals surface area (Å²) in [6.07, 6.45) is 6.94. The first-order chi connectivity index (χ1) is 20.7. The van der Waals surface area contributed by atoms with Crippen LogP contribution in [0, 0.1) is 17.6 Å². The maximum Gasteiger partial charge on any atom is 0.341 e. The molecule has 3 N–H and O–H groups in total. The predicted molar refractivity (Wildman–Crippen MR) is 161 cm³/mol. The predicted octanol–water partition coefficient (Wildman–Crippen LogP) is 3.75. The summed E-state index contributed by atoms with van der Waals surface area (Å²) in [5, 5.41) is 12.8. The summed E-state index contributed by atoms with van der Waals surface area (Å²) in [7, 11) is 5.40. The lowest BCUT2D eigenvalue weighted by Crippen LogP contribution is -2.47. The zero-order valence-electron chi connectivity index (χ0n) is 24.0. The molecule has 3 aromatic heterocycles. The second-order valence-corrected chi connectivity index (χ2v) is 11.5. The van der Waals surface area contributed by atoms with Crippen LogP contribution >= 0.6 is 0 Å². The zero-order chi connectivity index (χ0) is 30.2. The Morgan fingerprint density at radius 2 is 1.88 bits per heavy atom. The van der Waals surface area contributed by atoms with Crippen molar-refractivity contribution in [3.63, 3.8) is 0 Å². The van der Waals surface area contributed by atoms with Gasteiger partial charge in [-0.05, 0) is 44.0 Å². The van der Waals surface area contributed by atoms with E-state index in [4.69, 9.17) is 4.98 Å². The summed E-state index contributed by atoms with van der Waals surface area (Å²) >= 11 is 0. The van der Waals surface area contributed by atoms with Crippen LogP contribution in [0.3, 0.4) is 0 Å². The molecule has 2 saturated heterocycles. The number of likely N-dealkylation sites (N-methyl/N-ethyl adjacent to an activating group) is 1. The topological polar surface area (TPSA) is 116 Å². The maximum absolute atomic E-state index is 15.7. The molecule has 0 amide bonds. The molecule has 1 unspecified atom stereocenters. The lowest BCUT2D eigenvalue weighted by Gasteiger charge is -2.40. The largest absolute Gasteiger partial charge is 0.477 e. The van der Waals surface area contributed by atoms with Crippen LogP contribution in [-0.2, 0) is 6.42 Å². The quantitative estimate of drug-likeness (QED) is 0.283. The van der Waals surface area contributed by atoms with E-state index in [0.29, 0.717) is 58.6 Å². The van der Waals surface area contributed by atoms with E-state index in [2.05, 4.69) is 32.6 Å². The number of aromatic nitrogens is 3. The Morgan fingerprint density at radius 3 is 2.63 bits per heavy atom. The molecular formula is C31H31F2N7O3. The first-order valence-electron chi connectivity index (χ1n) is 14.3. The highest BCUT2D eigenvalue weighted by Gasteiger charge is 2.40. The molecule has 43 heavy (non-hydrogen) atoms. The van der Waals surface area contributed by atoms with Crippen molar-refractivity contribution in [2.45, 2.75) is 25.3 Å². The summed E-state index contributed by atoms with van der Waals surface area (Å²) in [5.74, 6) is -2.64. The number of nitrogens with zero attached hydrogens (tertiary/aromatic N) is 5. The SMILES string of the molecule is CNc1cc(F)c(F)c2c1Cc1ncc(-c3cnc4c(c3)c(=O)c(C(=O)O)cn4NC)c(N3CC[C@H]4CCN(C)C4C3)c1-2. The van der Waals surface area contributed by atoms with E-state index in [9.17, 15) is 19.1 Å². The van der Waals surface area contributed by atoms with Crippen LogP contribution in [0.5, 0.6) is 0 Å². The smallest absolute Gasteiger partial charge is 0.341 e. The minimum Gasteiger partial charge on any atom is -0.477 e. The average molecular weight is 588 g/mol. The van der Waals surface area contributed by atoms with Crippen molar-refractivity contribution in [3.05, 3.63) is 69.4 Å². The highest BCUT2D eigenvalue weighted by Crippen LogP contribution is 2.51. The van der Waals surface area contributed by atoms with Crippen molar-refractivity contribution in [2.24, 2.45) is 5.92 Å². The van der Waals surface area contributed by atoms with Gasteiger partial charge < -0.3 is 25.6 Å². The zero-order valence-corrected chi connectivity index (χ0v) is 24.0. The highest BCUT2D eigenvalue weighted by molar-refractivity contribution is 5.98. The van der Waals surface area contributed by atoms with E-state index in [1.807, 2.05) is 0 Å². The molecule has 1 aliphatic carbocycles. The molecule has 10 nitrogen and oxygen atoms in total. The Morgan fingerprint density at radius 1 is 1.09 bits per heavy atom. The van der Waals surface area contributed by atoms with Gasteiger partial charge in [0, 0.05) is 92.2 Å². The molecule has 0 saturated carbocycles. The molecule has 2 aliphatic heterocycles. The molecule has 7 rings (SSSR count). The van der Waals surface area contributed by atoms with Gasteiger partial charge in [0.05, 0.1) is 16.8 Å². The van der Waals surface area contributed by atoms with E-state index in [1.54, 1.807) is 32.6 Å². The van der Waals surface area contributed by atoms with Crippen LogP contribution in [0.15, 0.2) is 35.5 Å². The molecule has 5 heterocycles. The number of carboxylic acids is 1. The summed E-state index contributed by atoms with van der Waals surface area (Å²) in [6, 6.07) is 3.11. The molecule has 3 aliphatic rings. The number of aromatic carboxylic acids is 1. The van der Waals surface area contributed by atoms with Crippen molar-refractivity contribution in [1.82, 2.24) is 19.5 Å². The number of anilines is 2. The summed E-state index contributed by atoms with van der Waals surface area (Å²) in [4.78, 5) is 39.0. The third-order valence-electron chi connectivity index (χ3n) is 9.40. The highest BCUT2D eigenvalue weighted by atomic mass is 19.2. The molecule has 4 aromatic rings. The molecule has 2 fully saturated rings. The lowest BCUT2D eigenvalue weighted by atomic mass is 9.90. The van der Waals surface area contributed by atoms with Crippen molar-refractivity contribution < 1.29 is 18.7 Å². The Labute approximate surface area is 245 Å². The summed E-state index contributed by atoms with van der Waals surface area (Å²) < 4.78 is 32.1. The van der Waals surface area contributed by atoms with Gasteiger partial charge >= 0.3 is 5.97 Å². The number of nitrogens with one attached hydrogen (secondary N) is 2. The monoisotopic (exact) mass is 587 g/mol. The fourth-order valence-corrected chi connectivity index (χ4v) is 7.21. The minimum atomic E-state index is -1.35. The van der Waals surface area contributed by atoms with E-state index >= 15 is 4.39 Å². The van der Waals surface area contributed by atoms with Crippen molar-refractivity contribution in [3.8, 4) is 22.3 Å². The first kappa shape index (κ1) is 27.3. The third-order valence-corrected chi connectivity index (χ3v) is 9.40. The number of hydrogen-bond donors (Lipinski definition) is 3. The van der Waals surface area contributed by atoms with E-state index in [1.165, 1.54) is 16.9 Å². The molecular weight excluding hydrogens is 556 g/mol. The molecule has 0 radical (unpaired) electrons. The van der Waals surface area contributed by atoms with E-state index < -0.39 is 28.6 Å². The van der Waals surface area contributed by atoms with Gasteiger partial charge in [0.1, 0.15) is 5.56 Å². The Hall–Kier alpha value is -4.58. The van der Waals surface area contributed by atoms with Crippen LogP contribution in [0.25, 0.3) is 33.3 Å². The normalized spacial score (nSPS) is 19.3. The summed E-state index contributed by atoms with van der Waals surface area (Å²) in [5.41, 5.74) is 6.48. The van der Waals surface area contributed by atoms with Gasteiger partial charge in [0.2, 0.25) is 5.43 Å². The number of benzene rings is 1. The second-order valence-electron chi connectivity index (χ2n) is 11.5. The molecule has 0 spiro atoms. The number of pyridine rings is 3. The van der Waals surface area contributed by atoms with Gasteiger partial charge in [-0.3, -0.25) is 9.78 Å². The van der Waals surface area contributed by atoms with Gasteiger partial charge in [-0.1, -0.05) is 0 Å². The van der Waals surface area contributed by atoms with Crippen LogP contribution in [0.2, 0.25) is 0 Å². The number of halogens is 2. The van der Waals surface area contributed by atoms with Gasteiger partial charge in [-0.25, -0.2) is 23.2 Å². The van der Waals surface area contributed by atoms with Crippen LogP contribution < -0.4 is 21.1 Å². The molecule has 12 heteroatoms. The van der Waals surface area contributed by atoms with Crippen LogP contribution in [-0.4, -0.2) is 77.4 Å². The van der Waals surface area contributed by atoms with E-state index in [0.717, 1.165) is 31.6 Å².